The van der Waals surface area contributed by atoms with Crippen molar-refractivity contribution in [2.24, 2.45) is 23.7 Å². The number of allylic oxidation sites excluding steroid dienone is 2. The molecule has 2 aliphatic carbocycles. The predicted octanol–water partition coefficient (Wildman–Crippen LogP) is 2.07. The van der Waals surface area contributed by atoms with Gasteiger partial charge in [-0.15, -0.1) is 0 Å². The van der Waals surface area contributed by atoms with Crippen LogP contribution in [0, 0.1) is 23.7 Å². The van der Waals surface area contributed by atoms with Crippen LogP contribution >= 0.6 is 0 Å². The normalized spacial score (nSPS) is 29.2. The Kier molecular flexibility index (Phi) is 4.50. The summed E-state index contributed by atoms with van der Waals surface area (Å²) < 4.78 is 5.29. The van der Waals surface area contributed by atoms with Gasteiger partial charge in [0.05, 0.1) is 31.4 Å². The number of likely N-dealkylation sites (tertiary alicyclic amines) is 1. The van der Waals surface area contributed by atoms with Crippen molar-refractivity contribution in [3.8, 4) is 5.75 Å². The Balaban J connectivity index is 1.69. The van der Waals surface area contributed by atoms with Gasteiger partial charge < -0.3 is 10.1 Å². The zero-order valence-corrected chi connectivity index (χ0v) is 15.6. The Morgan fingerprint density at radius 3 is 2.48 bits per heavy atom. The monoisotopic (exact) mass is 368 g/mol. The summed E-state index contributed by atoms with van der Waals surface area (Å²) in [4.78, 5) is 40.1. The van der Waals surface area contributed by atoms with E-state index in [-0.39, 0.29) is 47.8 Å². The maximum Gasteiger partial charge on any atom is 0.234 e. The van der Waals surface area contributed by atoms with E-state index >= 15 is 0 Å². The molecule has 0 radical (unpaired) electrons. The van der Waals surface area contributed by atoms with Crippen LogP contribution in [0.4, 0.5) is 0 Å². The van der Waals surface area contributed by atoms with Crippen molar-refractivity contribution in [2.75, 3.05) is 13.7 Å². The molecule has 1 heterocycles. The third-order valence-electron chi connectivity index (χ3n) is 6.05. The molecule has 0 aromatic heterocycles. The van der Waals surface area contributed by atoms with Gasteiger partial charge in [-0.3, -0.25) is 19.3 Å². The lowest BCUT2D eigenvalue weighted by Crippen LogP contribution is -2.39. The van der Waals surface area contributed by atoms with Crippen molar-refractivity contribution in [1.29, 1.82) is 0 Å². The van der Waals surface area contributed by atoms with Crippen LogP contribution in [0.1, 0.15) is 31.4 Å². The minimum absolute atomic E-state index is 0.0562. The van der Waals surface area contributed by atoms with E-state index < -0.39 is 6.04 Å². The molecule has 27 heavy (non-hydrogen) atoms. The first-order valence-corrected chi connectivity index (χ1v) is 9.51. The van der Waals surface area contributed by atoms with Gasteiger partial charge in [0, 0.05) is 6.54 Å². The highest BCUT2D eigenvalue weighted by Crippen LogP contribution is 2.54. The molecule has 1 aliphatic heterocycles. The number of carbonyl (C=O) groups excluding carboxylic acids is 3. The summed E-state index contributed by atoms with van der Waals surface area (Å²) in [6.07, 6.45) is 5.09. The number of amides is 3. The first-order valence-electron chi connectivity index (χ1n) is 9.51. The zero-order chi connectivity index (χ0) is 19.1. The van der Waals surface area contributed by atoms with E-state index in [4.69, 9.17) is 4.74 Å². The van der Waals surface area contributed by atoms with Crippen LogP contribution in [0.2, 0.25) is 0 Å². The number of carbonyl (C=O) groups is 3. The first kappa shape index (κ1) is 17.8. The summed E-state index contributed by atoms with van der Waals surface area (Å²) in [7, 11) is 1.57. The number of nitrogens with zero attached hydrogens (tertiary/aromatic N) is 1. The lowest BCUT2D eigenvalue weighted by Gasteiger charge is -2.28. The van der Waals surface area contributed by atoms with Crippen LogP contribution < -0.4 is 10.1 Å². The largest absolute Gasteiger partial charge is 0.497 e. The SMILES string of the molecule is CCNC(=O)CC(c1cccc(OC)c1)N1C(=O)C2C3C=CC(C3)C2C1=O. The first-order chi connectivity index (χ1) is 13.0. The molecule has 3 aliphatic rings. The van der Waals surface area contributed by atoms with E-state index in [0.29, 0.717) is 12.3 Å². The van der Waals surface area contributed by atoms with E-state index in [9.17, 15) is 14.4 Å². The van der Waals surface area contributed by atoms with Gasteiger partial charge in [-0.05, 0) is 42.9 Å². The van der Waals surface area contributed by atoms with Gasteiger partial charge in [0.2, 0.25) is 17.7 Å². The smallest absolute Gasteiger partial charge is 0.234 e. The van der Waals surface area contributed by atoms with Crippen molar-refractivity contribution in [3.63, 3.8) is 0 Å². The van der Waals surface area contributed by atoms with Crippen molar-refractivity contribution in [3.05, 3.63) is 42.0 Å². The average Bonchev–Trinajstić information content (AvgIpc) is 3.34. The molecule has 1 aromatic rings. The quantitative estimate of drug-likeness (QED) is 0.616. The molecule has 1 aromatic carbocycles. The molecule has 5 unspecified atom stereocenters. The lowest BCUT2D eigenvalue weighted by molar-refractivity contribution is -0.144. The molecule has 6 heteroatoms. The second-order valence-electron chi connectivity index (χ2n) is 7.50. The van der Waals surface area contributed by atoms with Gasteiger partial charge in [0.1, 0.15) is 5.75 Å². The highest BCUT2D eigenvalue weighted by molar-refractivity contribution is 6.07. The van der Waals surface area contributed by atoms with Gasteiger partial charge in [-0.2, -0.15) is 0 Å². The van der Waals surface area contributed by atoms with E-state index in [1.54, 1.807) is 19.2 Å². The molecule has 1 saturated carbocycles. The highest BCUT2D eigenvalue weighted by atomic mass is 16.5. The average molecular weight is 368 g/mol. The summed E-state index contributed by atoms with van der Waals surface area (Å²) in [6.45, 7) is 2.35. The van der Waals surface area contributed by atoms with E-state index in [1.165, 1.54) is 4.90 Å². The number of hydrogen-bond donors (Lipinski definition) is 1. The Morgan fingerprint density at radius 1 is 1.22 bits per heavy atom. The molecule has 5 atom stereocenters. The third kappa shape index (κ3) is 2.83. The Bertz CT molecular complexity index is 788. The molecule has 2 fully saturated rings. The number of fused-ring (bicyclic) bond motifs is 5. The Labute approximate surface area is 158 Å². The fraction of sp³-hybridized carbons (Fsp3) is 0.476. The summed E-state index contributed by atoms with van der Waals surface area (Å²) in [5.74, 6) is -0.0603. The number of benzene rings is 1. The van der Waals surface area contributed by atoms with Crippen LogP contribution in [0.3, 0.4) is 0 Å². The third-order valence-corrected chi connectivity index (χ3v) is 6.05. The summed E-state index contributed by atoms with van der Waals surface area (Å²) in [5, 5.41) is 2.78. The molecular formula is C21H24N2O4. The molecule has 3 amide bonds. The maximum atomic E-state index is 13.2. The zero-order valence-electron chi connectivity index (χ0n) is 15.6. The Hall–Kier alpha value is -2.63. The fourth-order valence-electron chi connectivity index (χ4n) is 4.88. The maximum absolute atomic E-state index is 13.2. The van der Waals surface area contributed by atoms with Gasteiger partial charge in [-0.1, -0.05) is 24.3 Å². The van der Waals surface area contributed by atoms with Crippen molar-refractivity contribution < 1.29 is 19.1 Å². The number of imide groups is 1. The van der Waals surface area contributed by atoms with Gasteiger partial charge >= 0.3 is 0 Å². The van der Waals surface area contributed by atoms with E-state index in [0.717, 1.165) is 12.0 Å². The topological polar surface area (TPSA) is 75.7 Å². The van der Waals surface area contributed by atoms with Crippen molar-refractivity contribution in [2.45, 2.75) is 25.8 Å². The molecule has 142 valence electrons. The van der Waals surface area contributed by atoms with Gasteiger partial charge in [0.25, 0.3) is 0 Å². The molecule has 1 N–H and O–H groups in total. The number of hydrogen-bond acceptors (Lipinski definition) is 4. The highest BCUT2D eigenvalue weighted by Gasteiger charge is 2.60. The molecule has 0 spiro atoms. The van der Waals surface area contributed by atoms with E-state index in [2.05, 4.69) is 17.5 Å². The van der Waals surface area contributed by atoms with Crippen LogP contribution in [-0.4, -0.2) is 36.3 Å². The van der Waals surface area contributed by atoms with Crippen LogP contribution in [0.25, 0.3) is 0 Å². The van der Waals surface area contributed by atoms with Gasteiger partial charge in [-0.25, -0.2) is 0 Å². The van der Waals surface area contributed by atoms with E-state index in [1.807, 2.05) is 19.1 Å². The number of ether oxygens (including phenoxy) is 1. The number of methoxy groups -OCH3 is 1. The molecular weight excluding hydrogens is 344 g/mol. The van der Waals surface area contributed by atoms with Crippen molar-refractivity contribution >= 4 is 17.7 Å². The number of nitrogens with one attached hydrogen (secondary N) is 1. The molecule has 1 saturated heterocycles. The lowest BCUT2D eigenvalue weighted by atomic mass is 9.85. The standard InChI is InChI=1S/C21H24N2O4/c1-3-22-17(24)11-16(12-5-4-6-15(10-12)27-2)23-20(25)18-13-7-8-14(9-13)19(18)21(23)26/h4-8,10,13-14,16,18-19H,3,9,11H2,1-2H3,(H,22,24). The Morgan fingerprint density at radius 2 is 1.89 bits per heavy atom. The van der Waals surface area contributed by atoms with Crippen molar-refractivity contribution in [1.82, 2.24) is 10.2 Å². The summed E-state index contributed by atoms with van der Waals surface area (Å²) >= 11 is 0. The molecule has 4 rings (SSSR count). The van der Waals surface area contributed by atoms with Crippen LogP contribution in [0.5, 0.6) is 5.75 Å². The van der Waals surface area contributed by atoms with Crippen LogP contribution in [-0.2, 0) is 14.4 Å². The second-order valence-corrected chi connectivity index (χ2v) is 7.50. The van der Waals surface area contributed by atoms with Gasteiger partial charge in [0.15, 0.2) is 0 Å². The molecule has 2 bridgehead atoms. The minimum Gasteiger partial charge on any atom is -0.497 e. The molecule has 6 nitrogen and oxygen atoms in total. The summed E-state index contributed by atoms with van der Waals surface area (Å²) in [6, 6.07) is 6.64. The predicted molar refractivity (Wildman–Crippen MR) is 98.6 cm³/mol. The van der Waals surface area contributed by atoms with Crippen LogP contribution in [0.15, 0.2) is 36.4 Å². The minimum atomic E-state index is -0.614. The fourth-order valence-corrected chi connectivity index (χ4v) is 4.88. The summed E-state index contributed by atoms with van der Waals surface area (Å²) in [5.41, 5.74) is 0.739. The second kappa shape index (κ2) is 6.83. The number of rotatable bonds is 6.